The summed E-state index contributed by atoms with van der Waals surface area (Å²) in [5.41, 5.74) is 11.6. The number of benzene rings is 8. The lowest BCUT2D eigenvalue weighted by Crippen LogP contribution is -1.89. The van der Waals surface area contributed by atoms with Crippen LogP contribution < -0.4 is 0 Å². The van der Waals surface area contributed by atoms with Crippen molar-refractivity contribution in [1.82, 2.24) is 9.97 Å². The van der Waals surface area contributed by atoms with Gasteiger partial charge in [0.15, 0.2) is 0 Å². The zero-order valence-electron chi connectivity index (χ0n) is 26.5. The van der Waals surface area contributed by atoms with Crippen LogP contribution in [0, 0.1) is 0 Å². The van der Waals surface area contributed by atoms with Crippen LogP contribution in [-0.4, -0.2) is 9.97 Å². The molecule has 0 aliphatic rings. The van der Waals surface area contributed by atoms with Crippen molar-refractivity contribution in [2.45, 2.75) is 0 Å². The maximum Gasteiger partial charge on any atom is 0.0971 e. The average molecular weight is 641 g/mol. The van der Waals surface area contributed by atoms with Crippen LogP contribution >= 0.6 is 11.3 Å². The second kappa shape index (κ2) is 11.2. The topological polar surface area (TPSA) is 25.8 Å². The zero-order valence-corrected chi connectivity index (χ0v) is 27.3. The zero-order chi connectivity index (χ0) is 32.3. The highest BCUT2D eigenvalue weighted by molar-refractivity contribution is 7.26. The Labute approximate surface area is 287 Å². The van der Waals surface area contributed by atoms with E-state index < -0.39 is 0 Å². The first-order valence-electron chi connectivity index (χ1n) is 16.6. The minimum absolute atomic E-state index is 0.940. The fourth-order valence-electron chi connectivity index (χ4n) is 7.36. The van der Waals surface area contributed by atoms with Gasteiger partial charge in [-0.25, -0.2) is 0 Å². The molecule has 2 nitrogen and oxygen atoms in total. The molecule has 2 heterocycles. The average Bonchev–Trinajstić information content (AvgIpc) is 3.57. The number of hydrogen-bond acceptors (Lipinski definition) is 3. The molecular formula is C46H28N2S. The molecule has 10 rings (SSSR count). The van der Waals surface area contributed by atoms with Crippen LogP contribution in [-0.2, 0) is 0 Å². The van der Waals surface area contributed by atoms with Gasteiger partial charge in [0.1, 0.15) is 0 Å². The summed E-state index contributed by atoms with van der Waals surface area (Å²) in [5, 5.41) is 7.33. The smallest absolute Gasteiger partial charge is 0.0971 e. The maximum atomic E-state index is 4.77. The Balaban J connectivity index is 0.963. The van der Waals surface area contributed by atoms with Crippen LogP contribution in [0.1, 0.15) is 0 Å². The summed E-state index contributed by atoms with van der Waals surface area (Å²) in [6.45, 7) is 0. The van der Waals surface area contributed by atoms with E-state index in [9.17, 15) is 0 Å². The maximum absolute atomic E-state index is 4.77. The number of aromatic nitrogens is 2. The van der Waals surface area contributed by atoms with E-state index in [1.54, 1.807) is 12.4 Å². The molecule has 2 aromatic heterocycles. The number of fused-ring (bicyclic) bond motifs is 9. The molecule has 8 aromatic carbocycles. The van der Waals surface area contributed by atoms with Gasteiger partial charge in [0.25, 0.3) is 0 Å². The molecule has 0 N–H and O–H groups in total. The van der Waals surface area contributed by atoms with Crippen molar-refractivity contribution in [2.24, 2.45) is 0 Å². The second-order valence-electron chi connectivity index (χ2n) is 12.6. The van der Waals surface area contributed by atoms with Crippen LogP contribution in [0.5, 0.6) is 0 Å². The largest absolute Gasteiger partial charge is 0.252 e. The molecule has 3 heteroatoms. The molecule has 0 atom stereocenters. The SMILES string of the molecule is c1cc(-c2ccc(-c3ccc(-c4cccc5c4sc4ccccc45)cc3)cc2)cc(-c2ccc3c4ccccc4c4nccnc4c3c2)c1. The van der Waals surface area contributed by atoms with Crippen LogP contribution in [0.15, 0.2) is 170 Å². The van der Waals surface area contributed by atoms with Crippen LogP contribution in [0.25, 0.3) is 97.3 Å². The van der Waals surface area contributed by atoms with E-state index in [0.29, 0.717) is 0 Å². The Morgan fingerprint density at radius 1 is 0.327 bits per heavy atom. The highest BCUT2D eigenvalue weighted by Gasteiger charge is 2.13. The van der Waals surface area contributed by atoms with Crippen molar-refractivity contribution in [2.75, 3.05) is 0 Å². The Bertz CT molecular complexity index is 2830. The van der Waals surface area contributed by atoms with Gasteiger partial charge in [0, 0.05) is 43.3 Å². The van der Waals surface area contributed by atoms with Crippen molar-refractivity contribution >= 4 is 64.1 Å². The van der Waals surface area contributed by atoms with E-state index in [2.05, 4.69) is 158 Å². The van der Waals surface area contributed by atoms with E-state index >= 15 is 0 Å². The van der Waals surface area contributed by atoms with Gasteiger partial charge in [-0.05, 0) is 73.5 Å². The summed E-state index contributed by atoms with van der Waals surface area (Å²) >= 11 is 1.88. The van der Waals surface area contributed by atoms with E-state index in [0.717, 1.165) is 21.8 Å². The van der Waals surface area contributed by atoms with E-state index in [-0.39, 0.29) is 0 Å². The lowest BCUT2D eigenvalue weighted by Gasteiger charge is -2.12. The highest BCUT2D eigenvalue weighted by Crippen LogP contribution is 2.40. The summed E-state index contributed by atoms with van der Waals surface area (Å²) in [6, 6.07) is 57.3. The van der Waals surface area contributed by atoms with Crippen molar-refractivity contribution < 1.29 is 0 Å². The molecule has 0 radical (unpaired) electrons. The minimum atomic E-state index is 0.940. The van der Waals surface area contributed by atoms with Gasteiger partial charge in [-0.1, -0.05) is 140 Å². The van der Waals surface area contributed by atoms with E-state index in [4.69, 9.17) is 9.97 Å². The van der Waals surface area contributed by atoms with Crippen molar-refractivity contribution in [3.63, 3.8) is 0 Å². The third kappa shape index (κ3) is 4.62. The third-order valence-electron chi connectivity index (χ3n) is 9.79. The number of hydrogen-bond donors (Lipinski definition) is 0. The summed E-state index contributed by atoms with van der Waals surface area (Å²) in [7, 11) is 0. The van der Waals surface area contributed by atoms with Crippen LogP contribution in [0.2, 0.25) is 0 Å². The first kappa shape index (κ1) is 27.9. The lowest BCUT2D eigenvalue weighted by molar-refractivity contribution is 1.31. The Hall–Kier alpha value is -6.16. The molecule has 49 heavy (non-hydrogen) atoms. The van der Waals surface area contributed by atoms with Gasteiger partial charge in [0.2, 0.25) is 0 Å². The number of thiophene rings is 1. The van der Waals surface area contributed by atoms with Crippen LogP contribution in [0.3, 0.4) is 0 Å². The Kier molecular flexibility index (Phi) is 6.39. The molecular weight excluding hydrogens is 613 g/mol. The second-order valence-corrected chi connectivity index (χ2v) is 13.6. The van der Waals surface area contributed by atoms with Gasteiger partial charge in [0.05, 0.1) is 11.0 Å². The summed E-state index contributed by atoms with van der Waals surface area (Å²) in [5.74, 6) is 0. The molecule has 0 amide bonds. The first-order chi connectivity index (χ1) is 24.3. The molecule has 0 aliphatic heterocycles. The quantitative estimate of drug-likeness (QED) is 0.179. The lowest BCUT2D eigenvalue weighted by atomic mass is 9.94. The van der Waals surface area contributed by atoms with Gasteiger partial charge >= 0.3 is 0 Å². The summed E-state index contributed by atoms with van der Waals surface area (Å²) in [6.07, 6.45) is 3.57. The first-order valence-corrected chi connectivity index (χ1v) is 17.4. The fourth-order valence-corrected chi connectivity index (χ4v) is 8.60. The monoisotopic (exact) mass is 640 g/mol. The molecule has 10 aromatic rings. The molecule has 0 aliphatic carbocycles. The number of rotatable bonds is 4. The Morgan fingerprint density at radius 2 is 0.837 bits per heavy atom. The Morgan fingerprint density at radius 3 is 1.59 bits per heavy atom. The predicted octanol–water partition coefficient (Wildman–Crippen LogP) is 13.0. The van der Waals surface area contributed by atoms with Crippen molar-refractivity contribution in [3.05, 3.63) is 170 Å². The number of nitrogens with zero attached hydrogens (tertiary/aromatic N) is 2. The summed E-state index contributed by atoms with van der Waals surface area (Å²) in [4.78, 5) is 9.49. The van der Waals surface area contributed by atoms with Crippen molar-refractivity contribution in [3.8, 4) is 44.5 Å². The van der Waals surface area contributed by atoms with Gasteiger partial charge in [-0.15, -0.1) is 11.3 Å². The van der Waals surface area contributed by atoms with E-state index in [1.807, 2.05) is 11.3 Å². The van der Waals surface area contributed by atoms with Crippen molar-refractivity contribution in [1.29, 1.82) is 0 Å². The standard InChI is InChI=1S/C46H28N2S/c1-2-11-40-37(9-1)38-24-23-35(28-42(38)45-44(40)47-25-26-48-45)34-8-5-7-33(27-34)31-17-15-29(16-18-31)30-19-21-32(22-20-30)36-12-6-13-41-39-10-3-4-14-43(39)49-46(36)41/h1-28H. The summed E-state index contributed by atoms with van der Waals surface area (Å²) < 4.78 is 2.68. The molecule has 0 saturated carbocycles. The highest BCUT2D eigenvalue weighted by atomic mass is 32.1. The normalized spacial score (nSPS) is 11.7. The van der Waals surface area contributed by atoms with Gasteiger partial charge < -0.3 is 0 Å². The third-order valence-corrected chi connectivity index (χ3v) is 11.0. The molecule has 0 fully saturated rings. The molecule has 228 valence electrons. The molecule has 0 spiro atoms. The fraction of sp³-hybridized carbons (Fsp3) is 0. The molecule has 0 bridgehead atoms. The minimum Gasteiger partial charge on any atom is -0.252 e. The van der Waals surface area contributed by atoms with Crippen LogP contribution in [0.4, 0.5) is 0 Å². The van der Waals surface area contributed by atoms with Gasteiger partial charge in [-0.3, -0.25) is 9.97 Å². The van der Waals surface area contributed by atoms with E-state index in [1.165, 1.54) is 75.5 Å². The molecule has 0 saturated heterocycles. The van der Waals surface area contributed by atoms with Gasteiger partial charge in [-0.2, -0.15) is 0 Å². The predicted molar refractivity (Wildman–Crippen MR) is 209 cm³/mol. The molecule has 0 unspecified atom stereocenters.